The molecular weight excluding hydrogens is 398 g/mol. The van der Waals surface area contributed by atoms with Gasteiger partial charge in [0.2, 0.25) is 5.91 Å². The van der Waals surface area contributed by atoms with Crippen molar-refractivity contribution in [2.75, 3.05) is 10.6 Å². The molecule has 0 aliphatic rings. The molecule has 0 saturated heterocycles. The average Bonchev–Trinajstić information content (AvgIpc) is 3.22. The van der Waals surface area contributed by atoms with Gasteiger partial charge < -0.3 is 16.0 Å². The summed E-state index contributed by atoms with van der Waals surface area (Å²) in [5.41, 5.74) is 2.80. The van der Waals surface area contributed by atoms with Crippen LogP contribution >= 0.6 is 11.3 Å². The number of benzene rings is 2. The first-order valence-electron chi connectivity index (χ1n) is 9.23. The van der Waals surface area contributed by atoms with E-state index in [2.05, 4.69) is 16.0 Å². The topological polar surface area (TPSA) is 87.3 Å². The lowest BCUT2D eigenvalue weighted by molar-refractivity contribution is -0.114. The summed E-state index contributed by atoms with van der Waals surface area (Å²) in [4.78, 5) is 37.5. The molecule has 30 heavy (non-hydrogen) atoms. The van der Waals surface area contributed by atoms with Gasteiger partial charge in [-0.1, -0.05) is 23.8 Å². The van der Waals surface area contributed by atoms with Crippen molar-refractivity contribution in [2.45, 2.75) is 13.8 Å². The molecule has 0 spiro atoms. The van der Waals surface area contributed by atoms with Crippen LogP contribution in [0.15, 0.2) is 71.7 Å². The molecular formula is C23H21N3O3S. The van der Waals surface area contributed by atoms with Crippen LogP contribution < -0.4 is 16.0 Å². The standard InChI is InChI=1S/C23H21N3O3S/c1-15-5-7-17(8-6-15)22(28)26-21(14-20-4-3-13-30-20)23(29)25-19-11-9-18(10-12-19)24-16(2)27/h3-14H,1-2H3,(H,24,27)(H,25,29)(H,26,28)/b21-14-. The molecule has 0 atom stereocenters. The van der Waals surface area contributed by atoms with Gasteiger partial charge in [0.1, 0.15) is 5.70 Å². The minimum absolute atomic E-state index is 0.133. The van der Waals surface area contributed by atoms with E-state index in [9.17, 15) is 14.4 Å². The molecule has 0 unspecified atom stereocenters. The zero-order chi connectivity index (χ0) is 21.5. The molecule has 0 fully saturated rings. The zero-order valence-electron chi connectivity index (χ0n) is 16.6. The lowest BCUT2D eigenvalue weighted by Gasteiger charge is -2.12. The Kier molecular flexibility index (Phi) is 6.77. The van der Waals surface area contributed by atoms with E-state index < -0.39 is 5.91 Å². The molecule has 3 rings (SSSR count). The van der Waals surface area contributed by atoms with Crippen molar-refractivity contribution < 1.29 is 14.4 Å². The molecule has 6 nitrogen and oxygen atoms in total. The number of rotatable bonds is 6. The van der Waals surface area contributed by atoms with Crippen LogP contribution in [0.3, 0.4) is 0 Å². The number of aryl methyl sites for hydroxylation is 1. The van der Waals surface area contributed by atoms with Crippen LogP contribution in [0.4, 0.5) is 11.4 Å². The lowest BCUT2D eigenvalue weighted by Crippen LogP contribution is -2.30. The van der Waals surface area contributed by atoms with Crippen molar-refractivity contribution in [2.24, 2.45) is 0 Å². The van der Waals surface area contributed by atoms with Crippen molar-refractivity contribution in [3.8, 4) is 0 Å². The van der Waals surface area contributed by atoms with E-state index in [0.29, 0.717) is 16.9 Å². The molecule has 1 heterocycles. The summed E-state index contributed by atoms with van der Waals surface area (Å²) < 4.78 is 0. The van der Waals surface area contributed by atoms with E-state index >= 15 is 0 Å². The summed E-state index contributed by atoms with van der Waals surface area (Å²) in [5, 5.41) is 10.0. The third-order valence-corrected chi connectivity index (χ3v) is 4.92. The molecule has 0 radical (unpaired) electrons. The number of hydrogen-bond acceptors (Lipinski definition) is 4. The van der Waals surface area contributed by atoms with Crippen molar-refractivity contribution in [1.82, 2.24) is 5.32 Å². The Bertz CT molecular complexity index is 1070. The number of amides is 3. The highest BCUT2D eigenvalue weighted by molar-refractivity contribution is 7.10. The summed E-state index contributed by atoms with van der Waals surface area (Å²) in [7, 11) is 0. The minimum Gasteiger partial charge on any atom is -0.326 e. The molecule has 3 N–H and O–H groups in total. The molecule has 0 saturated carbocycles. The minimum atomic E-state index is -0.448. The predicted molar refractivity (Wildman–Crippen MR) is 120 cm³/mol. The first kappa shape index (κ1) is 21.0. The average molecular weight is 420 g/mol. The fourth-order valence-electron chi connectivity index (χ4n) is 2.61. The Labute approximate surface area is 178 Å². The SMILES string of the molecule is CC(=O)Nc1ccc(NC(=O)/C(=C/c2cccs2)NC(=O)c2ccc(C)cc2)cc1. The van der Waals surface area contributed by atoms with Gasteiger partial charge in [0.25, 0.3) is 11.8 Å². The van der Waals surface area contributed by atoms with Crippen LogP contribution in [0.5, 0.6) is 0 Å². The van der Waals surface area contributed by atoms with Crippen LogP contribution in [0.25, 0.3) is 6.08 Å². The molecule has 2 aromatic carbocycles. The maximum absolute atomic E-state index is 12.9. The van der Waals surface area contributed by atoms with Gasteiger partial charge in [-0.2, -0.15) is 0 Å². The van der Waals surface area contributed by atoms with Gasteiger partial charge in [-0.25, -0.2) is 0 Å². The quantitative estimate of drug-likeness (QED) is 0.517. The maximum Gasteiger partial charge on any atom is 0.272 e. The van der Waals surface area contributed by atoms with Gasteiger partial charge >= 0.3 is 0 Å². The normalized spacial score (nSPS) is 10.9. The molecule has 152 valence electrons. The third-order valence-electron chi connectivity index (χ3n) is 4.10. The summed E-state index contributed by atoms with van der Waals surface area (Å²) in [5.74, 6) is -0.989. The number of carbonyl (C=O) groups is 3. The molecule has 0 aliphatic carbocycles. The van der Waals surface area contributed by atoms with Gasteiger partial charge in [0.15, 0.2) is 0 Å². The Hall–Kier alpha value is -3.71. The monoisotopic (exact) mass is 419 g/mol. The number of thiophene rings is 1. The van der Waals surface area contributed by atoms with Crippen LogP contribution in [0.2, 0.25) is 0 Å². The number of hydrogen-bond donors (Lipinski definition) is 3. The first-order valence-corrected chi connectivity index (χ1v) is 10.1. The lowest BCUT2D eigenvalue weighted by atomic mass is 10.1. The van der Waals surface area contributed by atoms with E-state index in [1.54, 1.807) is 42.5 Å². The fourth-order valence-corrected chi connectivity index (χ4v) is 3.27. The smallest absolute Gasteiger partial charge is 0.272 e. The molecule has 7 heteroatoms. The van der Waals surface area contributed by atoms with Crippen LogP contribution in [-0.4, -0.2) is 17.7 Å². The maximum atomic E-state index is 12.9. The summed E-state index contributed by atoms with van der Waals surface area (Å²) in [6, 6.07) is 17.6. The van der Waals surface area contributed by atoms with Gasteiger partial charge in [-0.05, 0) is 60.8 Å². The highest BCUT2D eigenvalue weighted by Crippen LogP contribution is 2.17. The Morgan fingerprint density at radius 3 is 2.07 bits per heavy atom. The summed E-state index contributed by atoms with van der Waals surface area (Å²) in [6.07, 6.45) is 1.64. The predicted octanol–water partition coefficient (Wildman–Crippen LogP) is 4.42. The Morgan fingerprint density at radius 2 is 1.50 bits per heavy atom. The van der Waals surface area contributed by atoms with Gasteiger partial charge in [-0.3, -0.25) is 14.4 Å². The van der Waals surface area contributed by atoms with Crippen LogP contribution in [0, 0.1) is 6.92 Å². The number of nitrogens with one attached hydrogen (secondary N) is 3. The van der Waals surface area contributed by atoms with Crippen molar-refractivity contribution >= 4 is 46.5 Å². The van der Waals surface area contributed by atoms with Gasteiger partial charge in [0.05, 0.1) is 0 Å². The summed E-state index contributed by atoms with van der Waals surface area (Å²) >= 11 is 1.46. The molecule has 0 aliphatic heterocycles. The van der Waals surface area contributed by atoms with Gasteiger partial charge in [0, 0.05) is 28.7 Å². The van der Waals surface area contributed by atoms with E-state index in [4.69, 9.17) is 0 Å². The molecule has 3 aromatic rings. The van der Waals surface area contributed by atoms with E-state index in [-0.39, 0.29) is 17.5 Å². The third kappa shape index (κ3) is 5.89. The fraction of sp³-hybridized carbons (Fsp3) is 0.0870. The number of anilines is 2. The van der Waals surface area contributed by atoms with E-state index in [0.717, 1.165) is 10.4 Å². The Balaban J connectivity index is 1.78. The van der Waals surface area contributed by atoms with Crippen molar-refractivity contribution in [1.29, 1.82) is 0 Å². The van der Waals surface area contributed by atoms with E-state index in [1.165, 1.54) is 18.3 Å². The van der Waals surface area contributed by atoms with Crippen molar-refractivity contribution in [3.05, 3.63) is 87.7 Å². The highest BCUT2D eigenvalue weighted by Gasteiger charge is 2.15. The van der Waals surface area contributed by atoms with Crippen LogP contribution in [0.1, 0.15) is 27.7 Å². The number of carbonyl (C=O) groups excluding carboxylic acids is 3. The Morgan fingerprint density at radius 1 is 0.867 bits per heavy atom. The molecule has 3 amide bonds. The zero-order valence-corrected chi connectivity index (χ0v) is 17.4. The second-order valence-electron chi connectivity index (χ2n) is 6.61. The van der Waals surface area contributed by atoms with Crippen molar-refractivity contribution in [3.63, 3.8) is 0 Å². The molecule has 0 bridgehead atoms. The summed E-state index contributed by atoms with van der Waals surface area (Å²) in [6.45, 7) is 3.36. The second kappa shape index (κ2) is 9.67. The first-order chi connectivity index (χ1) is 14.4. The highest BCUT2D eigenvalue weighted by atomic mass is 32.1. The largest absolute Gasteiger partial charge is 0.326 e. The van der Waals surface area contributed by atoms with E-state index in [1.807, 2.05) is 36.6 Å². The second-order valence-corrected chi connectivity index (χ2v) is 7.59. The molecule has 1 aromatic heterocycles. The van der Waals surface area contributed by atoms with Gasteiger partial charge in [-0.15, -0.1) is 11.3 Å². The van der Waals surface area contributed by atoms with Crippen LogP contribution in [-0.2, 0) is 9.59 Å².